The summed E-state index contributed by atoms with van der Waals surface area (Å²) in [4.78, 5) is 37.3. The molecule has 0 saturated heterocycles. The first-order chi connectivity index (χ1) is 16.5. The number of thiazole rings is 1. The molecule has 4 aromatic rings. The minimum absolute atomic E-state index is 0.150. The maximum atomic E-state index is 12.6. The fourth-order valence-electron chi connectivity index (χ4n) is 4.05. The molecule has 34 heavy (non-hydrogen) atoms. The molecule has 10 nitrogen and oxygen atoms in total. The second-order valence-corrected chi connectivity index (χ2v) is 9.08. The van der Waals surface area contributed by atoms with E-state index in [0.717, 1.165) is 53.1 Å². The number of nitrogens with zero attached hydrogens (tertiary/aromatic N) is 4. The highest BCUT2D eigenvalue weighted by atomic mass is 32.1. The Kier molecular flexibility index (Phi) is 6.17. The third kappa shape index (κ3) is 4.88. The van der Waals surface area contributed by atoms with Crippen molar-refractivity contribution in [3.8, 4) is 33.2 Å². The second-order valence-electron chi connectivity index (χ2n) is 8.22. The minimum atomic E-state index is -0.636. The largest absolute Gasteiger partial charge is 0.434 e. The molecule has 1 aliphatic carbocycles. The average Bonchev–Trinajstić information content (AvgIpc) is 3.48. The molecule has 0 spiro atoms. The van der Waals surface area contributed by atoms with Crippen LogP contribution >= 0.6 is 11.3 Å². The number of amides is 2. The molecule has 11 heteroatoms. The number of hydrogen-bond acceptors (Lipinski definition) is 8. The third-order valence-corrected chi connectivity index (χ3v) is 6.66. The molecule has 4 heterocycles. The van der Waals surface area contributed by atoms with E-state index in [9.17, 15) is 9.59 Å². The number of aromatic amines is 1. The van der Waals surface area contributed by atoms with Gasteiger partial charge in [0.05, 0.1) is 5.56 Å². The summed E-state index contributed by atoms with van der Waals surface area (Å²) in [5.41, 5.74) is 3.78. The maximum absolute atomic E-state index is 12.6. The van der Waals surface area contributed by atoms with Crippen molar-refractivity contribution in [3.63, 3.8) is 0 Å². The molecule has 1 saturated carbocycles. The van der Waals surface area contributed by atoms with Crippen molar-refractivity contribution in [2.24, 2.45) is 0 Å². The van der Waals surface area contributed by atoms with Crippen molar-refractivity contribution in [1.82, 2.24) is 30.5 Å². The Hall–Kier alpha value is -3.86. The number of carbonyl (C=O) groups is 1. The minimum Gasteiger partial charge on any atom is -0.388 e. The Morgan fingerprint density at radius 1 is 1.12 bits per heavy atom. The first-order valence-corrected chi connectivity index (χ1v) is 11.9. The normalized spacial score (nSPS) is 14.1. The van der Waals surface area contributed by atoms with E-state index < -0.39 is 5.76 Å². The predicted octanol–water partition coefficient (Wildman–Crippen LogP) is 4.37. The van der Waals surface area contributed by atoms with E-state index >= 15 is 0 Å². The van der Waals surface area contributed by atoms with Gasteiger partial charge in [0.2, 0.25) is 0 Å². The van der Waals surface area contributed by atoms with Gasteiger partial charge in [0.1, 0.15) is 10.8 Å². The van der Waals surface area contributed by atoms with E-state index in [4.69, 9.17) is 4.42 Å². The number of urea groups is 1. The Bertz CT molecular complexity index is 1370. The van der Waals surface area contributed by atoms with Gasteiger partial charge in [0.15, 0.2) is 0 Å². The van der Waals surface area contributed by atoms with Gasteiger partial charge in [-0.1, -0.05) is 19.3 Å². The summed E-state index contributed by atoms with van der Waals surface area (Å²) in [5, 5.41) is 14.8. The Labute approximate surface area is 198 Å². The zero-order valence-electron chi connectivity index (χ0n) is 18.5. The van der Waals surface area contributed by atoms with Crippen LogP contribution in [0.2, 0.25) is 0 Å². The van der Waals surface area contributed by atoms with E-state index in [1.165, 1.54) is 17.8 Å². The lowest BCUT2D eigenvalue weighted by molar-refractivity contribution is 0.244. The number of rotatable bonds is 5. The van der Waals surface area contributed by atoms with Crippen LogP contribution in [0.25, 0.3) is 33.2 Å². The van der Waals surface area contributed by atoms with Crippen LogP contribution in [0.4, 0.5) is 10.6 Å². The monoisotopic (exact) mass is 477 g/mol. The number of nitrogens with one attached hydrogen (secondary N) is 3. The summed E-state index contributed by atoms with van der Waals surface area (Å²) >= 11 is 1.51. The number of anilines is 1. The van der Waals surface area contributed by atoms with E-state index in [1.807, 2.05) is 24.4 Å². The number of pyridine rings is 2. The lowest BCUT2D eigenvalue weighted by atomic mass is 9.96. The molecule has 2 amide bonds. The summed E-state index contributed by atoms with van der Waals surface area (Å²) in [6, 6.07) is 3.57. The van der Waals surface area contributed by atoms with Gasteiger partial charge in [0, 0.05) is 52.4 Å². The highest BCUT2D eigenvalue weighted by Gasteiger charge is 2.18. The summed E-state index contributed by atoms with van der Waals surface area (Å²) in [7, 11) is 0. The van der Waals surface area contributed by atoms with Crippen LogP contribution in [0.5, 0.6) is 0 Å². The fourth-order valence-corrected chi connectivity index (χ4v) is 4.88. The molecule has 5 rings (SSSR count). The lowest BCUT2D eigenvalue weighted by Crippen LogP contribution is -2.39. The molecule has 0 atom stereocenters. The topological polar surface area (TPSA) is 139 Å². The molecular formula is C23H23N7O3S. The molecule has 174 valence electrons. The molecule has 0 bridgehead atoms. The van der Waals surface area contributed by atoms with Crippen LogP contribution in [0.3, 0.4) is 0 Å². The van der Waals surface area contributed by atoms with Gasteiger partial charge < -0.3 is 9.73 Å². The van der Waals surface area contributed by atoms with Gasteiger partial charge in [-0.15, -0.1) is 16.4 Å². The molecule has 0 radical (unpaired) electrons. The molecule has 0 aliphatic heterocycles. The van der Waals surface area contributed by atoms with Crippen molar-refractivity contribution < 1.29 is 9.21 Å². The number of aryl methyl sites for hydroxylation is 1. The van der Waals surface area contributed by atoms with Gasteiger partial charge in [-0.25, -0.2) is 24.7 Å². The van der Waals surface area contributed by atoms with Crippen LogP contribution in [0, 0.1) is 6.92 Å². The Balaban J connectivity index is 1.47. The maximum Gasteiger partial charge on any atom is 0.434 e. The number of H-pyrrole nitrogens is 1. The van der Waals surface area contributed by atoms with E-state index in [-0.39, 0.29) is 18.0 Å². The first-order valence-electron chi connectivity index (χ1n) is 11.1. The predicted molar refractivity (Wildman–Crippen MR) is 128 cm³/mol. The zero-order chi connectivity index (χ0) is 23.5. The van der Waals surface area contributed by atoms with Gasteiger partial charge >= 0.3 is 11.8 Å². The van der Waals surface area contributed by atoms with Gasteiger partial charge in [-0.2, -0.15) is 0 Å². The average molecular weight is 478 g/mol. The molecule has 0 unspecified atom stereocenters. The van der Waals surface area contributed by atoms with Gasteiger partial charge in [-0.3, -0.25) is 10.3 Å². The molecule has 1 fully saturated rings. The lowest BCUT2D eigenvalue weighted by Gasteiger charge is -2.22. The zero-order valence-corrected chi connectivity index (χ0v) is 19.3. The molecule has 3 N–H and O–H groups in total. The highest BCUT2D eigenvalue weighted by Crippen LogP contribution is 2.35. The van der Waals surface area contributed by atoms with Gasteiger partial charge in [-0.05, 0) is 31.9 Å². The summed E-state index contributed by atoms with van der Waals surface area (Å²) in [5.74, 6) is -0.0538. The van der Waals surface area contributed by atoms with Crippen molar-refractivity contribution in [2.45, 2.75) is 45.1 Å². The Morgan fingerprint density at radius 2 is 1.94 bits per heavy atom. The molecule has 1 aliphatic rings. The summed E-state index contributed by atoms with van der Waals surface area (Å²) < 4.78 is 5.06. The first kappa shape index (κ1) is 22.0. The van der Waals surface area contributed by atoms with E-state index in [1.54, 1.807) is 18.6 Å². The van der Waals surface area contributed by atoms with Crippen molar-refractivity contribution in [3.05, 3.63) is 52.3 Å². The highest BCUT2D eigenvalue weighted by molar-refractivity contribution is 7.13. The number of hydrogen-bond donors (Lipinski definition) is 3. The molecule has 0 aromatic carbocycles. The fraction of sp³-hybridized carbons (Fsp3) is 0.304. The van der Waals surface area contributed by atoms with Crippen molar-refractivity contribution in [1.29, 1.82) is 0 Å². The second kappa shape index (κ2) is 9.56. The number of carbonyl (C=O) groups excluding carboxylic acids is 1. The van der Waals surface area contributed by atoms with Crippen LogP contribution in [0.1, 0.15) is 37.8 Å². The van der Waals surface area contributed by atoms with E-state index in [2.05, 4.69) is 35.8 Å². The van der Waals surface area contributed by atoms with Crippen LogP contribution in [0.15, 0.2) is 45.3 Å². The SMILES string of the molecule is Cc1csc(-c2cc(NC(=O)NC3CCCCC3)ncc2-c2cncc(-c3n[nH]c(=O)o3)c2)n1. The molecular weight excluding hydrogens is 454 g/mol. The summed E-state index contributed by atoms with van der Waals surface area (Å²) in [6.45, 7) is 1.93. The molecule has 4 aromatic heterocycles. The standard InChI is InChI=1S/C23H23N7O3S/c1-13-12-34-21(26-13)17-8-19(28-22(31)27-16-5-3-2-4-6-16)25-11-18(17)14-7-15(10-24-9-14)20-29-30-23(32)33-20/h7-12,16H,2-6H2,1H3,(H,30,32)(H2,25,27,28,31). The van der Waals surface area contributed by atoms with E-state index in [0.29, 0.717) is 11.4 Å². The smallest absolute Gasteiger partial charge is 0.388 e. The Morgan fingerprint density at radius 3 is 2.68 bits per heavy atom. The van der Waals surface area contributed by atoms with Crippen LogP contribution in [-0.2, 0) is 0 Å². The van der Waals surface area contributed by atoms with Crippen LogP contribution < -0.4 is 16.4 Å². The quantitative estimate of drug-likeness (QED) is 0.388. The van der Waals surface area contributed by atoms with Gasteiger partial charge in [0.25, 0.3) is 5.89 Å². The summed E-state index contributed by atoms with van der Waals surface area (Å²) in [6.07, 6.45) is 10.4. The third-order valence-electron chi connectivity index (χ3n) is 5.67. The number of aromatic nitrogens is 5. The van der Waals surface area contributed by atoms with Crippen molar-refractivity contribution >= 4 is 23.2 Å². The van der Waals surface area contributed by atoms with Crippen molar-refractivity contribution in [2.75, 3.05) is 5.32 Å². The van der Waals surface area contributed by atoms with Crippen LogP contribution in [-0.4, -0.2) is 37.2 Å².